The molecule has 3 aromatic carbocycles. The van der Waals surface area contributed by atoms with Crippen molar-refractivity contribution < 1.29 is 17.6 Å². The third-order valence-electron chi connectivity index (χ3n) is 6.44. The lowest BCUT2D eigenvalue weighted by atomic mass is 10.1. The molecule has 0 fully saturated rings. The van der Waals surface area contributed by atoms with Crippen molar-refractivity contribution in [2.75, 3.05) is 23.9 Å². The fourth-order valence-electron chi connectivity index (χ4n) is 4.40. The van der Waals surface area contributed by atoms with Crippen molar-refractivity contribution in [3.63, 3.8) is 0 Å². The third kappa shape index (κ3) is 7.05. The van der Waals surface area contributed by atoms with Crippen molar-refractivity contribution in [1.29, 1.82) is 0 Å². The summed E-state index contributed by atoms with van der Waals surface area (Å²) in [5, 5.41) is 7.40. The van der Waals surface area contributed by atoms with Gasteiger partial charge in [-0.2, -0.15) is 0 Å². The molecule has 0 saturated heterocycles. The molecule has 0 atom stereocenters. The van der Waals surface area contributed by atoms with Crippen LogP contribution in [-0.2, 0) is 23.0 Å². The number of aryl methyl sites for hydroxylation is 2. The zero-order chi connectivity index (χ0) is 28.1. The second-order valence-electron chi connectivity index (χ2n) is 9.91. The average molecular weight is 557 g/mol. The van der Waals surface area contributed by atoms with Gasteiger partial charge in [0.1, 0.15) is 45.9 Å². The molecule has 0 radical (unpaired) electrons. The summed E-state index contributed by atoms with van der Waals surface area (Å²) in [7, 11) is -3.00. The monoisotopic (exact) mass is 556 g/mol. The minimum atomic E-state index is -3.00. The van der Waals surface area contributed by atoms with Crippen molar-refractivity contribution in [1.82, 2.24) is 15.3 Å². The number of aromatic nitrogens is 2. The summed E-state index contributed by atoms with van der Waals surface area (Å²) in [4.78, 5) is 8.93. The van der Waals surface area contributed by atoms with Gasteiger partial charge in [0, 0.05) is 29.4 Å². The molecular formula is C31H32N4O4S. The highest BCUT2D eigenvalue weighted by atomic mass is 32.2. The average Bonchev–Trinajstić information content (AvgIpc) is 3.39. The quantitative estimate of drug-likeness (QED) is 0.192. The molecule has 2 N–H and O–H groups in total. The highest BCUT2D eigenvalue weighted by Crippen LogP contribution is 2.31. The third-order valence-corrected chi connectivity index (χ3v) is 7.39. The number of sulfone groups is 1. The molecule has 5 aromatic rings. The Labute approximate surface area is 234 Å². The normalized spacial score (nSPS) is 11.6. The van der Waals surface area contributed by atoms with E-state index in [1.807, 2.05) is 61.5 Å². The van der Waals surface area contributed by atoms with E-state index < -0.39 is 9.84 Å². The van der Waals surface area contributed by atoms with E-state index in [-0.39, 0.29) is 5.75 Å². The van der Waals surface area contributed by atoms with E-state index in [1.165, 1.54) is 11.8 Å². The molecule has 0 spiro atoms. The van der Waals surface area contributed by atoms with E-state index >= 15 is 0 Å². The Morgan fingerprint density at radius 3 is 2.62 bits per heavy atom. The summed E-state index contributed by atoms with van der Waals surface area (Å²) in [5.41, 5.74) is 5.96. The van der Waals surface area contributed by atoms with E-state index in [0.29, 0.717) is 31.3 Å². The molecule has 0 bridgehead atoms. The number of ether oxygens (including phenoxy) is 1. The fraction of sp³-hybridized carbons (Fsp3) is 0.226. The Kier molecular flexibility index (Phi) is 8.14. The molecule has 0 saturated carbocycles. The number of anilines is 2. The lowest BCUT2D eigenvalue weighted by Crippen LogP contribution is -2.21. The molecule has 2 aromatic heterocycles. The van der Waals surface area contributed by atoms with Crippen molar-refractivity contribution >= 4 is 32.2 Å². The van der Waals surface area contributed by atoms with Gasteiger partial charge in [0.15, 0.2) is 0 Å². The SMILES string of the molecule is Cc1cccc(COc2ccc(Nc3ncnc4ccc(-c5ccc(CNCCS(C)(=O)=O)o5)cc34)cc2C)c1. The minimum absolute atomic E-state index is 0.0870. The van der Waals surface area contributed by atoms with Crippen LogP contribution in [0.4, 0.5) is 11.5 Å². The van der Waals surface area contributed by atoms with Crippen LogP contribution in [-0.4, -0.2) is 36.9 Å². The van der Waals surface area contributed by atoms with Crippen LogP contribution >= 0.6 is 0 Å². The fourth-order valence-corrected chi connectivity index (χ4v) is 4.91. The molecular weight excluding hydrogens is 524 g/mol. The Morgan fingerprint density at radius 1 is 0.950 bits per heavy atom. The standard InChI is InChI=1S/C31H32N4O4S/c1-21-5-4-6-23(15-21)19-38-29-11-8-25(16-22(29)2)35-31-27-17-24(7-10-28(27)33-20-34-31)30-12-9-26(39-30)18-32-13-14-40(3,36)37/h4-12,15-17,20,32H,13-14,18-19H2,1-3H3,(H,33,34,35). The van der Waals surface area contributed by atoms with Crippen molar-refractivity contribution in [2.45, 2.75) is 27.0 Å². The number of rotatable bonds is 11. The van der Waals surface area contributed by atoms with Gasteiger partial charge in [-0.1, -0.05) is 29.8 Å². The van der Waals surface area contributed by atoms with E-state index in [9.17, 15) is 8.42 Å². The van der Waals surface area contributed by atoms with Gasteiger partial charge in [0.25, 0.3) is 0 Å². The molecule has 9 heteroatoms. The van der Waals surface area contributed by atoms with Crippen molar-refractivity contribution in [3.8, 4) is 17.1 Å². The molecule has 0 amide bonds. The van der Waals surface area contributed by atoms with E-state index in [0.717, 1.165) is 44.8 Å². The smallest absolute Gasteiger partial charge is 0.148 e. The van der Waals surface area contributed by atoms with Crippen LogP contribution in [0.15, 0.2) is 83.5 Å². The highest BCUT2D eigenvalue weighted by Gasteiger charge is 2.11. The Balaban J connectivity index is 1.29. The number of furan rings is 1. The zero-order valence-corrected chi connectivity index (χ0v) is 23.6. The predicted molar refractivity (Wildman–Crippen MR) is 159 cm³/mol. The largest absolute Gasteiger partial charge is 0.489 e. The lowest BCUT2D eigenvalue weighted by molar-refractivity contribution is 0.304. The van der Waals surface area contributed by atoms with Gasteiger partial charge in [-0.05, 0) is 73.5 Å². The van der Waals surface area contributed by atoms with Gasteiger partial charge < -0.3 is 19.8 Å². The molecule has 0 unspecified atom stereocenters. The maximum atomic E-state index is 11.3. The van der Waals surface area contributed by atoms with Crippen molar-refractivity contribution in [2.24, 2.45) is 0 Å². The number of nitrogens with one attached hydrogen (secondary N) is 2. The van der Waals surface area contributed by atoms with Gasteiger partial charge in [-0.25, -0.2) is 18.4 Å². The number of nitrogens with zero attached hydrogens (tertiary/aromatic N) is 2. The topological polar surface area (TPSA) is 106 Å². The van der Waals surface area contributed by atoms with Crippen LogP contribution in [0, 0.1) is 13.8 Å². The summed E-state index contributed by atoms with van der Waals surface area (Å²) in [5.74, 6) is 3.05. The van der Waals surface area contributed by atoms with Crippen LogP contribution in [0.1, 0.15) is 22.5 Å². The maximum absolute atomic E-state index is 11.3. The lowest BCUT2D eigenvalue weighted by Gasteiger charge is -2.13. The van der Waals surface area contributed by atoms with Crippen LogP contribution in [0.25, 0.3) is 22.2 Å². The predicted octanol–water partition coefficient (Wildman–Crippen LogP) is 5.96. The van der Waals surface area contributed by atoms with Gasteiger partial charge in [0.2, 0.25) is 0 Å². The van der Waals surface area contributed by atoms with Gasteiger partial charge in [0.05, 0.1) is 17.8 Å². The summed E-state index contributed by atoms with van der Waals surface area (Å²) in [6, 6.07) is 24.0. The number of hydrogen-bond donors (Lipinski definition) is 2. The Hall–Kier alpha value is -4.21. The Bertz CT molecular complexity index is 1750. The molecule has 2 heterocycles. The first kappa shape index (κ1) is 27.4. The van der Waals surface area contributed by atoms with Crippen LogP contribution in [0.2, 0.25) is 0 Å². The first-order valence-electron chi connectivity index (χ1n) is 13.0. The summed E-state index contributed by atoms with van der Waals surface area (Å²) >= 11 is 0. The van der Waals surface area contributed by atoms with Gasteiger partial charge >= 0.3 is 0 Å². The van der Waals surface area contributed by atoms with Gasteiger partial charge in [-0.15, -0.1) is 0 Å². The number of hydrogen-bond acceptors (Lipinski definition) is 8. The van der Waals surface area contributed by atoms with E-state index in [1.54, 1.807) is 6.33 Å². The zero-order valence-electron chi connectivity index (χ0n) is 22.8. The molecule has 0 aliphatic rings. The second kappa shape index (κ2) is 11.9. The molecule has 0 aliphatic heterocycles. The minimum Gasteiger partial charge on any atom is -0.489 e. The summed E-state index contributed by atoms with van der Waals surface area (Å²) < 4.78 is 34.7. The summed E-state index contributed by atoms with van der Waals surface area (Å²) in [6.07, 6.45) is 2.77. The second-order valence-corrected chi connectivity index (χ2v) is 12.2. The molecule has 0 aliphatic carbocycles. The molecule has 5 rings (SSSR count). The maximum Gasteiger partial charge on any atom is 0.148 e. The molecule has 8 nitrogen and oxygen atoms in total. The van der Waals surface area contributed by atoms with Crippen LogP contribution in [0.5, 0.6) is 5.75 Å². The Morgan fingerprint density at radius 2 is 1.82 bits per heavy atom. The van der Waals surface area contributed by atoms with Crippen LogP contribution < -0.4 is 15.4 Å². The van der Waals surface area contributed by atoms with E-state index in [4.69, 9.17) is 9.15 Å². The summed E-state index contributed by atoms with van der Waals surface area (Å²) in [6.45, 7) is 5.43. The number of fused-ring (bicyclic) bond motifs is 1. The first-order chi connectivity index (χ1) is 19.2. The van der Waals surface area contributed by atoms with Crippen molar-refractivity contribution in [3.05, 3.63) is 102 Å². The molecule has 206 valence electrons. The number of benzene rings is 3. The molecule has 40 heavy (non-hydrogen) atoms. The highest BCUT2D eigenvalue weighted by molar-refractivity contribution is 7.90. The van der Waals surface area contributed by atoms with E-state index in [2.05, 4.69) is 45.7 Å². The van der Waals surface area contributed by atoms with Gasteiger partial charge in [-0.3, -0.25) is 0 Å². The van der Waals surface area contributed by atoms with Crippen LogP contribution in [0.3, 0.4) is 0 Å². The first-order valence-corrected chi connectivity index (χ1v) is 15.1.